The van der Waals surface area contributed by atoms with Gasteiger partial charge in [-0.15, -0.1) is 10.2 Å². The van der Waals surface area contributed by atoms with Crippen molar-refractivity contribution in [1.82, 2.24) is 25.5 Å². The maximum atomic E-state index is 12.7. The smallest absolute Gasteiger partial charge is 0.264 e. The predicted molar refractivity (Wildman–Crippen MR) is 90.6 cm³/mol. The molecule has 1 aromatic heterocycles. The number of benzene rings is 2. The normalized spacial score (nSPS) is 15.5. The van der Waals surface area contributed by atoms with Crippen LogP contribution in [0.4, 0.5) is 0 Å². The van der Waals surface area contributed by atoms with Crippen LogP contribution >= 0.6 is 0 Å². The fourth-order valence-corrected chi connectivity index (χ4v) is 3.01. The van der Waals surface area contributed by atoms with E-state index in [9.17, 15) is 4.79 Å². The van der Waals surface area contributed by atoms with Crippen LogP contribution in [-0.2, 0) is 17.8 Å². The minimum atomic E-state index is -0.456. The highest BCUT2D eigenvalue weighted by Gasteiger charge is 2.30. The van der Waals surface area contributed by atoms with Crippen LogP contribution in [0.1, 0.15) is 11.1 Å². The van der Waals surface area contributed by atoms with Gasteiger partial charge in [0.2, 0.25) is 5.82 Å². The number of fused-ring (bicyclic) bond motifs is 1. The fraction of sp³-hybridized carbons (Fsp3) is 0.222. The summed E-state index contributed by atoms with van der Waals surface area (Å²) in [6.45, 7) is 0.487. The topological polar surface area (TPSA) is 84.0 Å². The monoisotopic (exact) mass is 335 g/mol. The number of nitrogens with one attached hydrogen (secondary N) is 1. The van der Waals surface area contributed by atoms with E-state index in [1.54, 1.807) is 11.9 Å². The van der Waals surface area contributed by atoms with Crippen LogP contribution in [-0.4, -0.2) is 44.6 Å². The van der Waals surface area contributed by atoms with Crippen LogP contribution in [0.2, 0.25) is 0 Å². The number of aromatic amines is 1. The van der Waals surface area contributed by atoms with E-state index in [0.29, 0.717) is 18.8 Å². The van der Waals surface area contributed by atoms with Gasteiger partial charge in [-0.1, -0.05) is 36.4 Å². The molecule has 7 heteroatoms. The highest BCUT2D eigenvalue weighted by Crippen LogP contribution is 2.29. The molecule has 7 nitrogen and oxygen atoms in total. The van der Waals surface area contributed by atoms with Crippen molar-refractivity contribution < 1.29 is 9.53 Å². The van der Waals surface area contributed by atoms with Crippen LogP contribution in [0.25, 0.3) is 11.4 Å². The van der Waals surface area contributed by atoms with Crippen molar-refractivity contribution >= 4 is 5.91 Å². The summed E-state index contributed by atoms with van der Waals surface area (Å²) in [6.07, 6.45) is 0.158. The van der Waals surface area contributed by atoms with Crippen LogP contribution in [0.3, 0.4) is 0 Å². The van der Waals surface area contributed by atoms with Gasteiger partial charge in [0.05, 0.1) is 0 Å². The van der Waals surface area contributed by atoms with Gasteiger partial charge in [0.1, 0.15) is 5.75 Å². The van der Waals surface area contributed by atoms with Crippen molar-refractivity contribution in [3.05, 3.63) is 59.7 Å². The Morgan fingerprint density at radius 1 is 1.28 bits per heavy atom. The highest BCUT2D eigenvalue weighted by atomic mass is 16.5. The molecule has 1 aliphatic heterocycles. The van der Waals surface area contributed by atoms with Crippen molar-refractivity contribution in [2.75, 3.05) is 7.05 Å². The lowest BCUT2D eigenvalue weighted by atomic mass is 10.1. The number of hydrogen-bond acceptors (Lipinski definition) is 5. The zero-order valence-corrected chi connectivity index (χ0v) is 13.7. The average molecular weight is 335 g/mol. The number of carbonyl (C=O) groups excluding carboxylic acids is 1. The highest BCUT2D eigenvalue weighted by molar-refractivity contribution is 5.82. The molecule has 0 spiro atoms. The lowest BCUT2D eigenvalue weighted by Gasteiger charge is -2.21. The molecule has 1 atom stereocenters. The fourth-order valence-electron chi connectivity index (χ4n) is 3.01. The van der Waals surface area contributed by atoms with Gasteiger partial charge >= 0.3 is 0 Å². The first-order valence-electron chi connectivity index (χ1n) is 8.03. The van der Waals surface area contributed by atoms with Gasteiger partial charge in [0.15, 0.2) is 6.10 Å². The number of tetrazole rings is 1. The molecule has 0 bridgehead atoms. The second-order valence-electron chi connectivity index (χ2n) is 6.05. The van der Waals surface area contributed by atoms with E-state index >= 15 is 0 Å². The predicted octanol–water partition coefficient (Wildman–Crippen LogP) is 1.83. The third kappa shape index (κ3) is 3.08. The van der Waals surface area contributed by atoms with Crippen molar-refractivity contribution in [1.29, 1.82) is 0 Å². The number of hydrogen-bond donors (Lipinski definition) is 1. The molecular weight excluding hydrogens is 318 g/mol. The first-order chi connectivity index (χ1) is 12.2. The molecule has 0 radical (unpaired) electrons. The molecule has 0 aliphatic carbocycles. The van der Waals surface area contributed by atoms with Crippen molar-refractivity contribution in [3.8, 4) is 17.1 Å². The maximum Gasteiger partial charge on any atom is 0.264 e. The summed E-state index contributed by atoms with van der Waals surface area (Å²) in [5.74, 6) is 1.31. The van der Waals surface area contributed by atoms with Crippen LogP contribution < -0.4 is 4.74 Å². The third-order valence-electron chi connectivity index (χ3n) is 4.25. The number of aromatic nitrogens is 4. The molecule has 0 saturated heterocycles. The van der Waals surface area contributed by atoms with Crippen molar-refractivity contribution in [3.63, 3.8) is 0 Å². The second kappa shape index (κ2) is 6.35. The number of carbonyl (C=O) groups is 1. The molecule has 2 aromatic carbocycles. The quantitative estimate of drug-likeness (QED) is 0.786. The standard InChI is InChI=1S/C18H17N5O2/c1-23(18(24)16-10-13-6-2-3-8-15(13)25-16)11-12-5-4-7-14(9-12)17-19-21-22-20-17/h2-9,16H,10-11H2,1H3,(H,19,20,21,22)/t16-/m1/s1. The third-order valence-corrected chi connectivity index (χ3v) is 4.25. The van der Waals surface area contributed by atoms with E-state index in [1.165, 1.54) is 0 Å². The molecule has 1 aliphatic rings. The molecule has 0 unspecified atom stereocenters. The van der Waals surface area contributed by atoms with Gasteiger partial charge in [-0.05, 0) is 28.5 Å². The van der Waals surface area contributed by atoms with E-state index in [0.717, 1.165) is 22.4 Å². The number of para-hydroxylation sites is 1. The molecule has 1 amide bonds. The van der Waals surface area contributed by atoms with E-state index < -0.39 is 6.10 Å². The lowest BCUT2D eigenvalue weighted by molar-refractivity contribution is -0.137. The number of amides is 1. The summed E-state index contributed by atoms with van der Waals surface area (Å²) in [4.78, 5) is 14.4. The number of likely N-dealkylation sites (N-methyl/N-ethyl adjacent to an activating group) is 1. The Labute approximate surface area is 144 Å². The summed E-state index contributed by atoms with van der Waals surface area (Å²) in [5, 5.41) is 14.0. The van der Waals surface area contributed by atoms with Crippen LogP contribution in [0, 0.1) is 0 Å². The van der Waals surface area contributed by atoms with Crippen molar-refractivity contribution in [2.45, 2.75) is 19.1 Å². The Bertz CT molecular complexity index is 869. The maximum absolute atomic E-state index is 12.7. The number of H-pyrrole nitrogens is 1. The molecule has 0 fully saturated rings. The van der Waals surface area contributed by atoms with Gasteiger partial charge in [0.25, 0.3) is 5.91 Å². The molecule has 126 valence electrons. The van der Waals surface area contributed by atoms with Gasteiger partial charge in [0, 0.05) is 25.6 Å². The lowest BCUT2D eigenvalue weighted by Crippen LogP contribution is -2.38. The molecule has 0 saturated carbocycles. The summed E-state index contributed by atoms with van der Waals surface area (Å²) in [5.41, 5.74) is 2.93. The zero-order chi connectivity index (χ0) is 17.2. The Morgan fingerprint density at radius 3 is 2.96 bits per heavy atom. The van der Waals surface area contributed by atoms with Crippen LogP contribution in [0.5, 0.6) is 5.75 Å². The zero-order valence-electron chi connectivity index (χ0n) is 13.7. The molecule has 2 heterocycles. The van der Waals surface area contributed by atoms with Crippen LogP contribution in [0.15, 0.2) is 48.5 Å². The Hall–Kier alpha value is -3.22. The Morgan fingerprint density at radius 2 is 2.16 bits per heavy atom. The van der Waals surface area contributed by atoms with Gasteiger partial charge < -0.3 is 9.64 Å². The summed E-state index contributed by atoms with van der Waals surface area (Å²) in [6, 6.07) is 15.5. The minimum absolute atomic E-state index is 0.0267. The molecule has 3 aromatic rings. The first-order valence-corrected chi connectivity index (χ1v) is 8.03. The molecule has 4 rings (SSSR count). The Kier molecular flexibility index (Phi) is 3.89. The summed E-state index contributed by atoms with van der Waals surface area (Å²) in [7, 11) is 1.79. The summed E-state index contributed by atoms with van der Waals surface area (Å²) >= 11 is 0. The van der Waals surface area contributed by atoms with Gasteiger partial charge in [-0.2, -0.15) is 5.21 Å². The minimum Gasteiger partial charge on any atom is -0.480 e. The average Bonchev–Trinajstić information content (AvgIpc) is 3.30. The number of ether oxygens (including phenoxy) is 1. The van der Waals surface area contributed by atoms with E-state index in [4.69, 9.17) is 4.74 Å². The number of nitrogens with zero attached hydrogens (tertiary/aromatic N) is 4. The first kappa shape index (κ1) is 15.3. The SMILES string of the molecule is CN(Cc1cccc(-c2nn[nH]n2)c1)C(=O)[C@H]1Cc2ccccc2O1. The molecular formula is C18H17N5O2. The van der Waals surface area contributed by atoms with E-state index in [2.05, 4.69) is 20.6 Å². The van der Waals surface area contributed by atoms with Gasteiger partial charge in [-0.25, -0.2) is 0 Å². The van der Waals surface area contributed by atoms with Crippen molar-refractivity contribution in [2.24, 2.45) is 0 Å². The largest absolute Gasteiger partial charge is 0.480 e. The number of rotatable bonds is 4. The summed E-state index contributed by atoms with van der Waals surface area (Å²) < 4.78 is 5.79. The molecule has 25 heavy (non-hydrogen) atoms. The van der Waals surface area contributed by atoms with E-state index in [-0.39, 0.29) is 5.91 Å². The van der Waals surface area contributed by atoms with E-state index in [1.807, 2.05) is 48.5 Å². The second-order valence-corrected chi connectivity index (χ2v) is 6.05. The molecule has 1 N–H and O–H groups in total. The van der Waals surface area contributed by atoms with Gasteiger partial charge in [-0.3, -0.25) is 4.79 Å². The Balaban J connectivity index is 1.45.